The molecule has 0 spiro atoms. The van der Waals surface area contributed by atoms with Gasteiger partial charge in [-0.3, -0.25) is 4.79 Å². The molecule has 0 saturated carbocycles. The van der Waals surface area contributed by atoms with E-state index < -0.39 is 0 Å². The molecule has 0 radical (unpaired) electrons. The molecule has 3 nitrogen and oxygen atoms in total. The number of hydrogen-bond donors (Lipinski definition) is 1. The van der Waals surface area contributed by atoms with Crippen molar-refractivity contribution in [1.82, 2.24) is 0 Å². The van der Waals surface area contributed by atoms with Gasteiger partial charge in [0.1, 0.15) is 5.75 Å². The average Bonchev–Trinajstić information content (AvgIpc) is 2.50. The zero-order valence-corrected chi connectivity index (χ0v) is 13.2. The summed E-state index contributed by atoms with van der Waals surface area (Å²) < 4.78 is 5.17. The highest BCUT2D eigenvalue weighted by Gasteiger charge is 2.01. The minimum Gasteiger partial charge on any atom is -0.497 e. The lowest BCUT2D eigenvalue weighted by Crippen LogP contribution is -2.11. The Balaban J connectivity index is 2.83. The molecule has 1 aromatic rings. The lowest BCUT2D eigenvalue weighted by atomic mass is 9.99. The highest BCUT2D eigenvalue weighted by atomic mass is 16.5. The van der Waals surface area contributed by atoms with Crippen LogP contribution in [0.1, 0.15) is 38.7 Å². The van der Waals surface area contributed by atoms with Crippen molar-refractivity contribution in [3.8, 4) is 5.75 Å². The maximum absolute atomic E-state index is 11.1. The van der Waals surface area contributed by atoms with E-state index in [1.54, 1.807) is 14.0 Å². The van der Waals surface area contributed by atoms with Crippen molar-refractivity contribution in [3.05, 3.63) is 53.1 Å². The van der Waals surface area contributed by atoms with Crippen LogP contribution in [0.25, 0.3) is 0 Å². The molecule has 0 aliphatic rings. The second-order valence-corrected chi connectivity index (χ2v) is 5.17. The van der Waals surface area contributed by atoms with E-state index in [1.165, 1.54) is 11.1 Å². The molecule has 0 aliphatic carbocycles. The van der Waals surface area contributed by atoms with Crippen LogP contribution in [-0.4, -0.2) is 13.0 Å². The van der Waals surface area contributed by atoms with Crippen LogP contribution < -0.4 is 10.5 Å². The van der Waals surface area contributed by atoms with Crippen LogP contribution in [0.5, 0.6) is 5.75 Å². The van der Waals surface area contributed by atoms with Gasteiger partial charge >= 0.3 is 0 Å². The van der Waals surface area contributed by atoms with Gasteiger partial charge in [-0.2, -0.15) is 0 Å². The number of allylic oxidation sites excluding steroid dienone is 3. The molecule has 0 aliphatic heterocycles. The lowest BCUT2D eigenvalue weighted by molar-refractivity contribution is -0.114. The number of methoxy groups -OCH3 is 1. The van der Waals surface area contributed by atoms with Gasteiger partial charge in [0.15, 0.2) is 0 Å². The second-order valence-electron chi connectivity index (χ2n) is 5.17. The van der Waals surface area contributed by atoms with Gasteiger partial charge < -0.3 is 10.5 Å². The van der Waals surface area contributed by atoms with Gasteiger partial charge in [0.2, 0.25) is 5.91 Å². The van der Waals surface area contributed by atoms with Gasteiger partial charge in [0.25, 0.3) is 0 Å². The Morgan fingerprint density at radius 3 is 2.43 bits per heavy atom. The predicted octanol–water partition coefficient (Wildman–Crippen LogP) is 3.79. The van der Waals surface area contributed by atoms with Gasteiger partial charge in [-0.05, 0) is 43.9 Å². The third-order valence-electron chi connectivity index (χ3n) is 3.40. The second kappa shape index (κ2) is 9.01. The predicted molar refractivity (Wildman–Crippen MR) is 87.3 cm³/mol. The first-order valence-corrected chi connectivity index (χ1v) is 7.35. The van der Waals surface area contributed by atoms with Crippen molar-refractivity contribution < 1.29 is 9.53 Å². The van der Waals surface area contributed by atoms with Gasteiger partial charge in [0.05, 0.1) is 7.11 Å². The molecule has 3 heteroatoms. The molecule has 0 aromatic heterocycles. The van der Waals surface area contributed by atoms with E-state index in [-0.39, 0.29) is 5.91 Å². The summed E-state index contributed by atoms with van der Waals surface area (Å²) in [5, 5.41) is 0. The van der Waals surface area contributed by atoms with Gasteiger partial charge in [-0.1, -0.05) is 43.2 Å². The van der Waals surface area contributed by atoms with Crippen LogP contribution in [0, 0.1) is 0 Å². The topological polar surface area (TPSA) is 52.3 Å². The Morgan fingerprint density at radius 2 is 1.90 bits per heavy atom. The standard InChI is InChI=1S/C18H25NO2/c1-4-5-6-15(8-7-14(2)18(19)20)13-16-9-11-17(21-3)12-10-16/h7-12H,4-6,13H2,1-3H3,(H2,19,20)/b14-7+,15-8+. The van der Waals surface area contributed by atoms with E-state index in [4.69, 9.17) is 10.5 Å². The number of hydrogen-bond acceptors (Lipinski definition) is 2. The summed E-state index contributed by atoms with van der Waals surface area (Å²) >= 11 is 0. The highest BCUT2D eigenvalue weighted by Crippen LogP contribution is 2.18. The first kappa shape index (κ1) is 17.0. The molecule has 0 bridgehead atoms. The van der Waals surface area contributed by atoms with Crippen LogP contribution in [0.2, 0.25) is 0 Å². The van der Waals surface area contributed by atoms with Crippen molar-refractivity contribution in [3.63, 3.8) is 0 Å². The molecule has 1 aromatic carbocycles. The fourth-order valence-corrected chi connectivity index (χ4v) is 1.97. The Bertz CT molecular complexity index is 513. The van der Waals surface area contributed by atoms with Crippen molar-refractivity contribution >= 4 is 5.91 Å². The molecule has 21 heavy (non-hydrogen) atoms. The molecule has 0 saturated heterocycles. The summed E-state index contributed by atoms with van der Waals surface area (Å²) in [5.41, 5.74) is 8.39. The summed E-state index contributed by atoms with van der Waals surface area (Å²) in [6, 6.07) is 8.08. The molecule has 0 unspecified atom stereocenters. The number of primary amides is 1. The number of nitrogens with two attached hydrogens (primary N) is 1. The van der Waals surface area contributed by atoms with Crippen LogP contribution in [0.4, 0.5) is 0 Å². The summed E-state index contributed by atoms with van der Waals surface area (Å²) in [7, 11) is 1.67. The fraction of sp³-hybridized carbons (Fsp3) is 0.389. The number of amides is 1. The van der Waals surface area contributed by atoms with Crippen molar-refractivity contribution in [2.45, 2.75) is 39.5 Å². The van der Waals surface area contributed by atoms with Crippen LogP contribution >= 0.6 is 0 Å². The Morgan fingerprint density at radius 1 is 1.24 bits per heavy atom. The first-order chi connectivity index (χ1) is 10.1. The van der Waals surface area contributed by atoms with Crippen molar-refractivity contribution in [1.29, 1.82) is 0 Å². The molecular weight excluding hydrogens is 262 g/mol. The molecular formula is C18H25NO2. The Hall–Kier alpha value is -2.03. The maximum Gasteiger partial charge on any atom is 0.244 e. The normalized spacial score (nSPS) is 12.3. The largest absolute Gasteiger partial charge is 0.497 e. The lowest BCUT2D eigenvalue weighted by Gasteiger charge is -2.08. The Kier molecular flexibility index (Phi) is 7.30. The summed E-state index contributed by atoms with van der Waals surface area (Å²) in [6.07, 6.45) is 8.05. The van der Waals surface area contributed by atoms with E-state index in [1.807, 2.05) is 24.3 Å². The zero-order valence-electron chi connectivity index (χ0n) is 13.2. The number of benzene rings is 1. The van der Waals surface area contributed by atoms with E-state index in [9.17, 15) is 4.79 Å². The monoisotopic (exact) mass is 287 g/mol. The average molecular weight is 287 g/mol. The highest BCUT2D eigenvalue weighted by molar-refractivity contribution is 5.91. The minimum absolute atomic E-state index is 0.370. The van der Waals surface area contributed by atoms with Gasteiger partial charge in [-0.15, -0.1) is 0 Å². The SMILES string of the molecule is CCCC/C(=C\C=C(/C)C(N)=O)Cc1ccc(OC)cc1. The molecule has 0 heterocycles. The molecule has 114 valence electrons. The third-order valence-corrected chi connectivity index (χ3v) is 3.40. The van der Waals surface area contributed by atoms with Crippen molar-refractivity contribution in [2.24, 2.45) is 5.73 Å². The quantitative estimate of drug-likeness (QED) is 0.584. The molecule has 1 amide bonds. The first-order valence-electron chi connectivity index (χ1n) is 7.35. The maximum atomic E-state index is 11.1. The molecule has 0 atom stereocenters. The van der Waals surface area contributed by atoms with Crippen LogP contribution in [-0.2, 0) is 11.2 Å². The number of carbonyl (C=O) groups excluding carboxylic acids is 1. The van der Waals surface area contributed by atoms with Crippen LogP contribution in [0.3, 0.4) is 0 Å². The number of unbranched alkanes of at least 4 members (excludes halogenated alkanes) is 1. The minimum atomic E-state index is -0.370. The summed E-state index contributed by atoms with van der Waals surface area (Å²) in [6.45, 7) is 3.92. The molecule has 0 fully saturated rings. The smallest absolute Gasteiger partial charge is 0.244 e. The number of rotatable bonds is 8. The fourth-order valence-electron chi connectivity index (χ4n) is 1.97. The molecule has 2 N–H and O–H groups in total. The number of carbonyl (C=O) groups is 1. The number of ether oxygens (including phenoxy) is 1. The van der Waals surface area contributed by atoms with Crippen molar-refractivity contribution in [2.75, 3.05) is 7.11 Å². The van der Waals surface area contributed by atoms with E-state index in [0.29, 0.717) is 5.57 Å². The summed E-state index contributed by atoms with van der Waals surface area (Å²) in [5.74, 6) is 0.493. The van der Waals surface area contributed by atoms with E-state index in [2.05, 4.69) is 19.1 Å². The van der Waals surface area contributed by atoms with Gasteiger partial charge in [0, 0.05) is 5.57 Å². The van der Waals surface area contributed by atoms with E-state index in [0.717, 1.165) is 31.4 Å². The summed E-state index contributed by atoms with van der Waals surface area (Å²) in [4.78, 5) is 11.1. The zero-order chi connectivity index (χ0) is 15.7. The molecule has 1 rings (SSSR count). The third kappa shape index (κ3) is 6.30. The van der Waals surface area contributed by atoms with Gasteiger partial charge in [-0.25, -0.2) is 0 Å². The van der Waals surface area contributed by atoms with E-state index >= 15 is 0 Å². The van der Waals surface area contributed by atoms with Crippen LogP contribution in [0.15, 0.2) is 47.6 Å². The Labute approximate surface area is 127 Å².